The van der Waals surface area contributed by atoms with Gasteiger partial charge in [0.05, 0.1) is 28.9 Å². The number of amides is 1. The van der Waals surface area contributed by atoms with Crippen LogP contribution < -0.4 is 10.1 Å². The van der Waals surface area contributed by atoms with E-state index in [4.69, 9.17) is 9.72 Å². The molecule has 0 aliphatic rings. The van der Waals surface area contributed by atoms with Crippen LogP contribution in [0, 0.1) is 6.92 Å². The standard InChI is InChI=1S/C23H20N4O2S2/c1-3-29-17-8-9-18-20(11-17)31-22(24-18)26-21(28)10-16-13-30-23-25-19(12-27(16)23)15-6-4-14(2)5-7-15/h4-9,11-13H,3,10H2,1-2H3,(H,24,26,28). The molecule has 5 rings (SSSR count). The normalized spacial score (nSPS) is 11.3. The van der Waals surface area contributed by atoms with Crippen LogP contribution in [0.4, 0.5) is 5.13 Å². The quantitative estimate of drug-likeness (QED) is 0.369. The van der Waals surface area contributed by atoms with Crippen molar-refractivity contribution in [2.45, 2.75) is 20.3 Å². The summed E-state index contributed by atoms with van der Waals surface area (Å²) in [5.41, 5.74) is 4.94. The van der Waals surface area contributed by atoms with E-state index in [0.29, 0.717) is 11.7 Å². The first-order valence-electron chi connectivity index (χ1n) is 9.95. The van der Waals surface area contributed by atoms with E-state index in [1.54, 1.807) is 0 Å². The summed E-state index contributed by atoms with van der Waals surface area (Å²) in [6.45, 7) is 4.63. The van der Waals surface area contributed by atoms with Gasteiger partial charge in [0, 0.05) is 22.8 Å². The smallest absolute Gasteiger partial charge is 0.232 e. The summed E-state index contributed by atoms with van der Waals surface area (Å²) in [6.07, 6.45) is 2.25. The number of aryl methyl sites for hydroxylation is 1. The maximum atomic E-state index is 12.7. The Morgan fingerprint density at radius 2 is 2.00 bits per heavy atom. The molecule has 0 atom stereocenters. The van der Waals surface area contributed by atoms with Gasteiger partial charge in [-0.05, 0) is 32.0 Å². The number of benzene rings is 2. The van der Waals surface area contributed by atoms with Gasteiger partial charge in [0.1, 0.15) is 5.75 Å². The molecule has 6 nitrogen and oxygen atoms in total. The number of nitrogens with zero attached hydrogens (tertiary/aromatic N) is 3. The predicted octanol–water partition coefficient (Wildman–Crippen LogP) is 5.56. The van der Waals surface area contributed by atoms with Gasteiger partial charge in [-0.25, -0.2) is 9.97 Å². The molecule has 0 spiro atoms. The third-order valence-corrected chi connectivity index (χ3v) is 6.71. The number of thiazole rings is 2. The van der Waals surface area contributed by atoms with E-state index in [1.165, 1.54) is 28.2 Å². The van der Waals surface area contributed by atoms with Gasteiger partial charge in [-0.1, -0.05) is 41.2 Å². The van der Waals surface area contributed by atoms with Gasteiger partial charge >= 0.3 is 0 Å². The molecule has 1 N–H and O–H groups in total. The topological polar surface area (TPSA) is 68.5 Å². The zero-order valence-corrected chi connectivity index (χ0v) is 18.7. The molecule has 1 amide bonds. The summed E-state index contributed by atoms with van der Waals surface area (Å²) >= 11 is 2.98. The van der Waals surface area contributed by atoms with E-state index in [0.717, 1.165) is 37.9 Å². The fourth-order valence-electron chi connectivity index (χ4n) is 3.36. The predicted molar refractivity (Wildman–Crippen MR) is 126 cm³/mol. The second kappa shape index (κ2) is 8.13. The molecule has 0 aliphatic heterocycles. The van der Waals surface area contributed by atoms with Crippen LogP contribution in [0.15, 0.2) is 54.0 Å². The number of carbonyl (C=O) groups excluding carboxylic acids is 1. The largest absolute Gasteiger partial charge is 0.494 e. The average Bonchev–Trinajstić information content (AvgIpc) is 3.43. The third-order valence-electron chi connectivity index (χ3n) is 4.89. The van der Waals surface area contributed by atoms with Crippen LogP contribution in [0.3, 0.4) is 0 Å². The van der Waals surface area contributed by atoms with Crippen LogP contribution in [0.5, 0.6) is 5.75 Å². The van der Waals surface area contributed by atoms with E-state index in [2.05, 4.69) is 41.5 Å². The van der Waals surface area contributed by atoms with Gasteiger partial charge in [-0.2, -0.15) is 0 Å². The van der Waals surface area contributed by atoms with Gasteiger partial charge in [0.2, 0.25) is 5.91 Å². The first-order chi connectivity index (χ1) is 15.1. The van der Waals surface area contributed by atoms with Crippen molar-refractivity contribution < 1.29 is 9.53 Å². The van der Waals surface area contributed by atoms with E-state index in [9.17, 15) is 4.79 Å². The molecule has 3 heterocycles. The number of carbonyl (C=O) groups is 1. The van der Waals surface area contributed by atoms with Gasteiger partial charge < -0.3 is 10.1 Å². The Balaban J connectivity index is 1.33. The Morgan fingerprint density at radius 1 is 1.16 bits per heavy atom. The summed E-state index contributed by atoms with van der Waals surface area (Å²) in [6, 6.07) is 14.0. The Kier molecular flexibility index (Phi) is 5.17. The Hall–Kier alpha value is -3.23. The first kappa shape index (κ1) is 19.7. The van der Waals surface area contributed by atoms with Gasteiger partial charge in [0.25, 0.3) is 0 Å². The minimum atomic E-state index is -0.102. The van der Waals surface area contributed by atoms with Crippen molar-refractivity contribution in [3.8, 4) is 17.0 Å². The lowest BCUT2D eigenvalue weighted by atomic mass is 10.1. The molecule has 5 aromatic rings. The van der Waals surface area contributed by atoms with E-state index in [-0.39, 0.29) is 12.3 Å². The molecule has 0 saturated carbocycles. The van der Waals surface area contributed by atoms with Gasteiger partial charge in [0.15, 0.2) is 10.1 Å². The first-order valence-corrected chi connectivity index (χ1v) is 11.6. The van der Waals surface area contributed by atoms with E-state index in [1.807, 2.05) is 41.1 Å². The monoisotopic (exact) mass is 448 g/mol. The fraction of sp³-hybridized carbons (Fsp3) is 0.174. The number of imidazole rings is 1. The number of nitrogens with one attached hydrogen (secondary N) is 1. The van der Waals surface area contributed by atoms with Gasteiger partial charge in [-0.15, -0.1) is 11.3 Å². The summed E-state index contributed by atoms with van der Waals surface area (Å²) in [5.74, 6) is 0.705. The molecule has 156 valence electrons. The number of ether oxygens (including phenoxy) is 1. The molecule has 3 aromatic heterocycles. The summed E-state index contributed by atoms with van der Waals surface area (Å²) in [4.78, 5) is 22.8. The zero-order valence-electron chi connectivity index (χ0n) is 17.1. The lowest BCUT2D eigenvalue weighted by molar-refractivity contribution is -0.115. The minimum absolute atomic E-state index is 0.102. The molecule has 0 unspecified atom stereocenters. The van der Waals surface area contributed by atoms with Crippen molar-refractivity contribution >= 4 is 48.9 Å². The maximum Gasteiger partial charge on any atom is 0.232 e. The van der Waals surface area contributed by atoms with Crippen LogP contribution in [0.2, 0.25) is 0 Å². The zero-order chi connectivity index (χ0) is 21.4. The van der Waals surface area contributed by atoms with Crippen LogP contribution in [0.25, 0.3) is 26.4 Å². The number of aromatic nitrogens is 3. The highest BCUT2D eigenvalue weighted by molar-refractivity contribution is 7.22. The fourth-order valence-corrected chi connectivity index (χ4v) is 5.15. The van der Waals surface area contributed by atoms with Crippen molar-refractivity contribution in [2.75, 3.05) is 11.9 Å². The highest BCUT2D eigenvalue weighted by atomic mass is 32.1. The maximum absolute atomic E-state index is 12.7. The number of anilines is 1. The summed E-state index contributed by atoms with van der Waals surface area (Å²) < 4.78 is 8.51. The molecule has 31 heavy (non-hydrogen) atoms. The molecule has 0 saturated heterocycles. The minimum Gasteiger partial charge on any atom is -0.494 e. The summed E-state index contributed by atoms with van der Waals surface area (Å²) in [7, 11) is 0. The Labute approximate surface area is 187 Å². The SMILES string of the molecule is CCOc1ccc2nc(NC(=O)Cc3csc4nc(-c5ccc(C)cc5)cn34)sc2c1. The molecule has 0 fully saturated rings. The van der Waals surface area contributed by atoms with Crippen LogP contribution in [0.1, 0.15) is 18.2 Å². The molecule has 2 aromatic carbocycles. The van der Waals surface area contributed by atoms with Crippen LogP contribution in [-0.2, 0) is 11.2 Å². The molecule has 8 heteroatoms. The number of rotatable bonds is 6. The number of hydrogen-bond donors (Lipinski definition) is 1. The van der Waals surface area contributed by atoms with Crippen molar-refractivity contribution in [2.24, 2.45) is 0 Å². The van der Waals surface area contributed by atoms with Crippen molar-refractivity contribution in [1.29, 1.82) is 0 Å². The Morgan fingerprint density at radius 3 is 2.81 bits per heavy atom. The lowest BCUT2D eigenvalue weighted by Gasteiger charge is -2.01. The average molecular weight is 449 g/mol. The van der Waals surface area contributed by atoms with Crippen molar-refractivity contribution in [3.05, 3.63) is 65.3 Å². The van der Waals surface area contributed by atoms with Crippen LogP contribution >= 0.6 is 22.7 Å². The molecule has 0 radical (unpaired) electrons. The summed E-state index contributed by atoms with van der Waals surface area (Å²) in [5, 5.41) is 5.50. The molecule has 0 aliphatic carbocycles. The highest BCUT2D eigenvalue weighted by Gasteiger charge is 2.14. The molecular weight excluding hydrogens is 428 g/mol. The second-order valence-electron chi connectivity index (χ2n) is 7.18. The third kappa shape index (κ3) is 4.04. The van der Waals surface area contributed by atoms with E-state index >= 15 is 0 Å². The second-order valence-corrected chi connectivity index (χ2v) is 9.05. The molecule has 0 bridgehead atoms. The molecular formula is C23H20N4O2S2. The van der Waals surface area contributed by atoms with Crippen LogP contribution in [-0.4, -0.2) is 26.9 Å². The highest BCUT2D eigenvalue weighted by Crippen LogP contribution is 2.30. The number of hydrogen-bond acceptors (Lipinski definition) is 6. The van der Waals surface area contributed by atoms with Gasteiger partial charge in [-0.3, -0.25) is 9.20 Å². The lowest BCUT2D eigenvalue weighted by Crippen LogP contribution is -2.15. The Bertz CT molecular complexity index is 1380. The van der Waals surface area contributed by atoms with E-state index < -0.39 is 0 Å². The van der Waals surface area contributed by atoms with Crippen molar-refractivity contribution in [1.82, 2.24) is 14.4 Å². The van der Waals surface area contributed by atoms with Crippen molar-refractivity contribution in [3.63, 3.8) is 0 Å². The number of fused-ring (bicyclic) bond motifs is 2.